The number of carbonyl (C=O) groups is 3. The van der Waals surface area contributed by atoms with Crippen molar-refractivity contribution < 1.29 is 96.6 Å². The molecule has 2 aliphatic heterocycles. The summed E-state index contributed by atoms with van der Waals surface area (Å²) < 4.78 is 58.0. The molecule has 2 fully saturated rings. The first-order valence-corrected chi connectivity index (χ1v) is 31.8. The Morgan fingerprint density at radius 2 is 1.09 bits per heavy atom. The second kappa shape index (κ2) is 39.8. The van der Waals surface area contributed by atoms with E-state index in [0.717, 1.165) is 109 Å². The lowest BCUT2D eigenvalue weighted by Crippen LogP contribution is -2.69. The van der Waals surface area contributed by atoms with Crippen LogP contribution in [-0.4, -0.2) is 150 Å². The number of hydrogen-bond acceptors (Lipinski definition) is 17. The van der Waals surface area contributed by atoms with E-state index in [1.54, 1.807) is 0 Å². The first-order chi connectivity index (χ1) is 36.2. The Kier molecular flexibility index (Phi) is 37.0. The van der Waals surface area contributed by atoms with Gasteiger partial charge in [-0.2, -0.15) is 0 Å². The van der Waals surface area contributed by atoms with Gasteiger partial charge in [-0.25, -0.2) is 9.13 Å². The summed E-state index contributed by atoms with van der Waals surface area (Å²) in [6, 6.07) is -3.48. The van der Waals surface area contributed by atoms with Crippen LogP contribution in [0.15, 0.2) is 0 Å². The molecule has 0 unspecified atom stereocenters. The number of amides is 1. The number of rotatable bonds is 46. The summed E-state index contributed by atoms with van der Waals surface area (Å²) >= 11 is 0. The van der Waals surface area contributed by atoms with Gasteiger partial charge in [0.1, 0.15) is 49.0 Å². The number of phosphoric acid groups is 2. The first kappa shape index (κ1) is 70.6. The maximum Gasteiger partial charge on any atom is 0.472 e. The third-order valence-corrected chi connectivity index (χ3v) is 15.2. The van der Waals surface area contributed by atoms with Gasteiger partial charge in [0.15, 0.2) is 18.3 Å². The number of nitrogens with one attached hydrogen (secondary N) is 2. The molecular formula is C52H100N2O20P2. The van der Waals surface area contributed by atoms with Crippen LogP contribution in [0.25, 0.3) is 0 Å². The van der Waals surface area contributed by atoms with Crippen molar-refractivity contribution >= 4 is 33.8 Å². The summed E-state index contributed by atoms with van der Waals surface area (Å²) in [4.78, 5) is 78.7. The molecule has 2 aliphatic rings. The fraction of sp³-hybridized carbons (Fsp3) is 0.942. The Labute approximate surface area is 452 Å². The van der Waals surface area contributed by atoms with Gasteiger partial charge in [-0.05, 0) is 19.3 Å². The van der Waals surface area contributed by atoms with Gasteiger partial charge in [0.25, 0.3) is 0 Å². The molecule has 2 saturated heterocycles. The third kappa shape index (κ3) is 29.8. The van der Waals surface area contributed by atoms with Crippen LogP contribution < -0.4 is 10.6 Å². The summed E-state index contributed by atoms with van der Waals surface area (Å²) in [5.74, 6) is -1.50. The topological polar surface area (TPSA) is 347 Å². The van der Waals surface area contributed by atoms with Gasteiger partial charge in [0, 0.05) is 12.8 Å². The van der Waals surface area contributed by atoms with E-state index < -0.39 is 127 Å². The second-order valence-corrected chi connectivity index (χ2v) is 23.3. The second-order valence-electron chi connectivity index (χ2n) is 21.0. The average molecular weight is 1140 g/mol. The van der Waals surface area contributed by atoms with E-state index in [4.69, 9.17) is 28.0 Å². The molecule has 0 aromatic heterocycles. The number of esters is 1. The fourth-order valence-corrected chi connectivity index (χ4v) is 10.9. The summed E-state index contributed by atoms with van der Waals surface area (Å²) in [7, 11) is -10.8. The number of ether oxygens (including phenoxy) is 4. The van der Waals surface area contributed by atoms with Gasteiger partial charge in [0.05, 0.1) is 38.2 Å². The molecule has 0 saturated carbocycles. The highest BCUT2D eigenvalue weighted by atomic mass is 31.2. The molecule has 0 radical (unpaired) electrons. The van der Waals surface area contributed by atoms with Crippen molar-refractivity contribution in [3.05, 3.63) is 0 Å². The predicted molar refractivity (Wildman–Crippen MR) is 283 cm³/mol. The molecule has 2 rings (SSSR count). The minimum atomic E-state index is -5.43. The monoisotopic (exact) mass is 1130 g/mol. The van der Waals surface area contributed by atoms with Crippen LogP contribution in [0.4, 0.5) is 0 Å². The average Bonchev–Trinajstić information content (AvgIpc) is 3.35. The van der Waals surface area contributed by atoms with Crippen molar-refractivity contribution in [1.82, 2.24) is 10.6 Å². The van der Waals surface area contributed by atoms with Crippen LogP contribution in [0.2, 0.25) is 0 Å². The summed E-state index contributed by atoms with van der Waals surface area (Å²) in [5, 5.41) is 61.0. The van der Waals surface area contributed by atoms with E-state index in [-0.39, 0.29) is 12.8 Å². The largest absolute Gasteiger partial charge is 0.472 e. The number of aliphatic hydroxyl groups is 5. The summed E-state index contributed by atoms with van der Waals surface area (Å²) in [6.07, 6.45) is 10.2. The molecule has 12 atom stereocenters. The van der Waals surface area contributed by atoms with E-state index in [1.807, 2.05) is 0 Å². The predicted octanol–water partition coefficient (Wildman–Crippen LogP) is 6.90. The van der Waals surface area contributed by atoms with Crippen molar-refractivity contribution in [2.24, 2.45) is 0 Å². The Morgan fingerprint density at radius 1 is 0.618 bits per heavy atom. The van der Waals surface area contributed by atoms with Gasteiger partial charge in [-0.3, -0.25) is 24.0 Å². The molecule has 24 heteroatoms. The van der Waals surface area contributed by atoms with Gasteiger partial charge in [0.2, 0.25) is 5.91 Å². The number of aldehydes is 1. The van der Waals surface area contributed by atoms with Gasteiger partial charge in [-0.15, -0.1) is 0 Å². The number of carbonyl (C=O) groups excluding carboxylic acids is 3. The molecule has 0 bridgehead atoms. The third-order valence-electron chi connectivity index (χ3n) is 14.2. The Morgan fingerprint density at radius 3 is 1.58 bits per heavy atom. The Bertz CT molecular complexity index is 1650. The van der Waals surface area contributed by atoms with Crippen LogP contribution in [-0.2, 0) is 51.5 Å². The number of hydrogen-bond donors (Lipinski definition) is 11. The van der Waals surface area contributed by atoms with Gasteiger partial charge < -0.3 is 74.2 Å². The Hall–Kier alpha value is -1.53. The highest BCUT2D eigenvalue weighted by molar-refractivity contribution is 7.46. The van der Waals surface area contributed by atoms with Crippen LogP contribution in [0.3, 0.4) is 0 Å². The van der Waals surface area contributed by atoms with E-state index in [2.05, 4.69) is 31.4 Å². The van der Waals surface area contributed by atoms with E-state index >= 15 is 0 Å². The number of phosphoric ester groups is 2. The van der Waals surface area contributed by atoms with E-state index in [9.17, 15) is 68.6 Å². The van der Waals surface area contributed by atoms with Crippen molar-refractivity contribution in [3.8, 4) is 0 Å². The number of aliphatic hydroxyl groups excluding tert-OH is 5. The molecular weight excluding hydrogens is 1030 g/mol. The zero-order valence-electron chi connectivity index (χ0n) is 45.9. The first-order valence-electron chi connectivity index (χ1n) is 28.7. The molecule has 0 aromatic carbocycles. The minimum Gasteiger partial charge on any atom is -0.443 e. The maximum absolute atomic E-state index is 13.7. The van der Waals surface area contributed by atoms with Crippen molar-refractivity contribution in [1.29, 1.82) is 0 Å². The van der Waals surface area contributed by atoms with Crippen molar-refractivity contribution in [3.63, 3.8) is 0 Å². The summed E-state index contributed by atoms with van der Waals surface area (Å²) in [5.41, 5.74) is -1.86. The lowest BCUT2D eigenvalue weighted by atomic mass is 9.93. The SMILES string of the molecule is CCCCCCCCCCCC(=O)O[C@@](CC=O)(CCCCCCCCCCC)N[C@H]1[C@H](OC[C@H]2O[C@H](OP(=O)(O)O)[C@H](NC(=O)C[C@H](O)CCCCCCCCCCC)[C@@H](O)[C@@H]2O)O[C@H](CO)[C@@H](OP(=O)(O)O)[C@@H]1O. The van der Waals surface area contributed by atoms with Crippen molar-refractivity contribution in [2.45, 2.75) is 299 Å². The van der Waals surface area contributed by atoms with Gasteiger partial charge >= 0.3 is 21.6 Å². The van der Waals surface area contributed by atoms with E-state index in [0.29, 0.717) is 38.4 Å². The highest BCUT2D eigenvalue weighted by Gasteiger charge is 2.53. The minimum absolute atomic E-state index is 0.00543. The van der Waals surface area contributed by atoms with Gasteiger partial charge in [-0.1, -0.05) is 181 Å². The smallest absolute Gasteiger partial charge is 0.443 e. The van der Waals surface area contributed by atoms with Crippen molar-refractivity contribution in [2.75, 3.05) is 13.2 Å². The zero-order valence-corrected chi connectivity index (χ0v) is 47.7. The Balaban J connectivity index is 2.36. The molecule has 0 spiro atoms. The maximum atomic E-state index is 13.7. The number of unbranched alkanes of at least 4 members (excludes halogenated alkanes) is 24. The molecule has 0 aliphatic carbocycles. The standard InChI is InChI=1S/C52H100N2O20P2/c1-4-7-10-13-16-19-22-25-28-31-39(57)36-42(58)53-44-47(61)46(60)41(71-51(44)74-76(66,67)68)38-69-50-45(48(62)49(40(37-56)70-50)73-75(63,64)65)54-52(34-35-55,33-30-27-24-21-18-15-12-9-6-3)72-43(59)32-29-26-23-20-17-14-11-8-5-2/h35,39-41,44-51,54,56-57,60-62H,4-34,36-38H2,1-3H3,(H,53,58)(H2,63,64,65)(H2,66,67,68)/t39-,40-,41-,44-,45-,46-,47-,48-,49-,50-,51-,52-/m1/s1. The molecule has 448 valence electrons. The molecule has 22 nitrogen and oxygen atoms in total. The fourth-order valence-electron chi connectivity index (χ4n) is 9.90. The quantitative estimate of drug-likeness (QED) is 0.00970. The zero-order chi connectivity index (χ0) is 56.4. The normalized spacial score (nSPS) is 25.5. The highest BCUT2D eigenvalue weighted by Crippen LogP contribution is 2.43. The van der Waals surface area contributed by atoms with Crippen LogP contribution >= 0.6 is 15.6 Å². The molecule has 2 heterocycles. The molecule has 11 N–H and O–H groups in total. The summed E-state index contributed by atoms with van der Waals surface area (Å²) in [6.45, 7) is 4.62. The molecule has 0 aromatic rings. The lowest BCUT2D eigenvalue weighted by molar-refractivity contribution is -0.299. The molecule has 76 heavy (non-hydrogen) atoms. The van der Waals surface area contributed by atoms with Crippen LogP contribution in [0, 0.1) is 0 Å². The van der Waals surface area contributed by atoms with Crippen LogP contribution in [0.5, 0.6) is 0 Å². The van der Waals surface area contributed by atoms with E-state index in [1.165, 1.54) is 38.5 Å². The lowest BCUT2D eigenvalue weighted by Gasteiger charge is -2.48. The molecule has 1 amide bonds. The van der Waals surface area contributed by atoms with Crippen LogP contribution in [0.1, 0.15) is 226 Å².